The molecule has 2 aliphatic rings. The van der Waals surface area contributed by atoms with Crippen LogP contribution in [0.3, 0.4) is 0 Å². The zero-order valence-corrected chi connectivity index (χ0v) is 13.5. The van der Waals surface area contributed by atoms with Gasteiger partial charge in [-0.05, 0) is 13.0 Å². The van der Waals surface area contributed by atoms with E-state index in [0.717, 1.165) is 39.4 Å². The number of amides is 1. The van der Waals surface area contributed by atoms with E-state index in [1.54, 1.807) is 18.2 Å². The van der Waals surface area contributed by atoms with Gasteiger partial charge < -0.3 is 10.1 Å². The van der Waals surface area contributed by atoms with Gasteiger partial charge >= 0.3 is 0 Å². The molecule has 6 heteroatoms. The summed E-state index contributed by atoms with van der Waals surface area (Å²) in [6, 6.07) is 6.40. The Bertz CT molecular complexity index is 554. The molecule has 0 aromatic heterocycles. The second-order valence-corrected chi connectivity index (χ2v) is 6.21. The number of hydrogen-bond acceptors (Lipinski definition) is 4. The molecule has 2 unspecified atom stereocenters. The lowest BCUT2D eigenvalue weighted by Crippen LogP contribution is -2.53. The lowest BCUT2D eigenvalue weighted by molar-refractivity contribution is -0.129. The summed E-state index contributed by atoms with van der Waals surface area (Å²) in [5, 5.41) is 2.85. The first-order valence-corrected chi connectivity index (χ1v) is 8.25. The second kappa shape index (κ2) is 7.38. The lowest BCUT2D eigenvalue weighted by atomic mass is 10.0. The van der Waals surface area contributed by atoms with Gasteiger partial charge in [0, 0.05) is 44.3 Å². The number of nitrogens with one attached hydrogen (secondary N) is 1. The van der Waals surface area contributed by atoms with E-state index in [-0.39, 0.29) is 11.7 Å². The number of piperazine rings is 1. The highest BCUT2D eigenvalue weighted by molar-refractivity contribution is 5.84. The topological polar surface area (TPSA) is 44.8 Å². The summed E-state index contributed by atoms with van der Waals surface area (Å²) in [7, 11) is 0. The summed E-state index contributed by atoms with van der Waals surface area (Å²) in [6.07, 6.45) is 0. The Morgan fingerprint density at radius 1 is 1.26 bits per heavy atom. The first-order valence-electron chi connectivity index (χ1n) is 8.25. The molecule has 2 fully saturated rings. The van der Waals surface area contributed by atoms with E-state index in [9.17, 15) is 9.18 Å². The number of benzene rings is 1. The van der Waals surface area contributed by atoms with E-state index >= 15 is 0 Å². The summed E-state index contributed by atoms with van der Waals surface area (Å²) in [5.41, 5.74) is 0.458. The monoisotopic (exact) mass is 321 g/mol. The summed E-state index contributed by atoms with van der Waals surface area (Å²) >= 11 is 0. The molecule has 0 bridgehead atoms. The van der Waals surface area contributed by atoms with Crippen LogP contribution in [0.5, 0.6) is 0 Å². The van der Waals surface area contributed by atoms with Crippen LogP contribution >= 0.6 is 0 Å². The molecule has 1 aromatic rings. The SMILES string of the molecule is CC1COCCN1CCN1CCNC(=O)C1c1ccccc1F. The summed E-state index contributed by atoms with van der Waals surface area (Å²) in [4.78, 5) is 16.8. The molecule has 3 rings (SSSR count). The highest BCUT2D eigenvalue weighted by atomic mass is 19.1. The molecule has 23 heavy (non-hydrogen) atoms. The summed E-state index contributed by atoms with van der Waals surface area (Å²) in [6.45, 7) is 7.52. The fourth-order valence-electron chi connectivity index (χ4n) is 3.34. The molecule has 1 N–H and O–H groups in total. The number of ether oxygens (including phenoxy) is 1. The van der Waals surface area contributed by atoms with Crippen LogP contribution in [-0.2, 0) is 9.53 Å². The number of nitrogens with zero attached hydrogens (tertiary/aromatic N) is 2. The van der Waals surface area contributed by atoms with Crippen molar-refractivity contribution in [2.24, 2.45) is 0 Å². The third-order valence-corrected chi connectivity index (χ3v) is 4.69. The molecular formula is C17H24FN3O2. The van der Waals surface area contributed by atoms with Crippen LogP contribution in [0.1, 0.15) is 18.5 Å². The Hall–Kier alpha value is -1.50. The predicted octanol–water partition coefficient (Wildman–Crippen LogP) is 1.02. The third kappa shape index (κ3) is 3.71. The number of hydrogen-bond donors (Lipinski definition) is 1. The lowest BCUT2D eigenvalue weighted by Gasteiger charge is -2.39. The zero-order valence-electron chi connectivity index (χ0n) is 13.5. The first kappa shape index (κ1) is 16.4. The van der Waals surface area contributed by atoms with E-state index in [1.807, 2.05) is 0 Å². The number of carbonyl (C=O) groups excluding carboxylic acids is 1. The number of morpholine rings is 1. The molecule has 1 aromatic carbocycles. The van der Waals surface area contributed by atoms with E-state index in [1.165, 1.54) is 6.07 Å². The van der Waals surface area contributed by atoms with Crippen molar-refractivity contribution in [2.75, 3.05) is 45.9 Å². The molecular weight excluding hydrogens is 297 g/mol. The van der Waals surface area contributed by atoms with Gasteiger partial charge in [-0.15, -0.1) is 0 Å². The Morgan fingerprint density at radius 2 is 2.04 bits per heavy atom. The number of rotatable bonds is 4. The molecule has 2 aliphatic heterocycles. The number of carbonyl (C=O) groups is 1. The van der Waals surface area contributed by atoms with Gasteiger partial charge in [-0.1, -0.05) is 18.2 Å². The van der Waals surface area contributed by atoms with Gasteiger partial charge in [-0.25, -0.2) is 4.39 Å². The maximum absolute atomic E-state index is 14.1. The standard InChI is InChI=1S/C17H24FN3O2/c1-13-12-23-11-10-20(13)8-9-21-7-6-19-17(22)16(21)14-4-2-3-5-15(14)18/h2-5,13,16H,6-12H2,1H3,(H,19,22). The molecule has 0 saturated carbocycles. The zero-order chi connectivity index (χ0) is 16.2. The van der Waals surface area contributed by atoms with Gasteiger partial charge in [0.05, 0.1) is 13.2 Å². The molecule has 2 atom stereocenters. The minimum Gasteiger partial charge on any atom is -0.379 e. The average molecular weight is 321 g/mol. The van der Waals surface area contributed by atoms with Crippen molar-refractivity contribution in [3.8, 4) is 0 Å². The Labute approximate surface area is 136 Å². The van der Waals surface area contributed by atoms with Gasteiger partial charge in [0.2, 0.25) is 5.91 Å². The van der Waals surface area contributed by atoms with E-state index in [0.29, 0.717) is 18.2 Å². The Kier molecular flexibility index (Phi) is 5.25. The van der Waals surface area contributed by atoms with Gasteiger partial charge in [0.25, 0.3) is 0 Å². The molecule has 0 aliphatic carbocycles. The highest BCUT2D eigenvalue weighted by Gasteiger charge is 2.33. The van der Waals surface area contributed by atoms with Crippen LogP contribution in [0.2, 0.25) is 0 Å². The van der Waals surface area contributed by atoms with Crippen molar-refractivity contribution < 1.29 is 13.9 Å². The van der Waals surface area contributed by atoms with Crippen LogP contribution in [-0.4, -0.2) is 67.7 Å². The molecule has 0 radical (unpaired) electrons. The maximum Gasteiger partial charge on any atom is 0.242 e. The van der Waals surface area contributed by atoms with Crippen molar-refractivity contribution in [1.29, 1.82) is 0 Å². The van der Waals surface area contributed by atoms with Gasteiger partial charge in [0.15, 0.2) is 0 Å². The fraction of sp³-hybridized carbons (Fsp3) is 0.588. The Morgan fingerprint density at radius 3 is 2.83 bits per heavy atom. The van der Waals surface area contributed by atoms with Gasteiger partial charge in [-0.2, -0.15) is 0 Å². The minimum absolute atomic E-state index is 0.114. The average Bonchev–Trinajstić information content (AvgIpc) is 2.55. The molecule has 0 spiro atoms. The smallest absolute Gasteiger partial charge is 0.242 e. The van der Waals surface area contributed by atoms with Crippen molar-refractivity contribution in [3.05, 3.63) is 35.6 Å². The Balaban J connectivity index is 1.71. The third-order valence-electron chi connectivity index (χ3n) is 4.69. The molecule has 1 amide bonds. The van der Waals surface area contributed by atoms with Crippen LogP contribution in [0.15, 0.2) is 24.3 Å². The normalized spacial score (nSPS) is 27.0. The van der Waals surface area contributed by atoms with Crippen LogP contribution in [0.25, 0.3) is 0 Å². The van der Waals surface area contributed by atoms with E-state index in [4.69, 9.17) is 4.74 Å². The molecule has 126 valence electrons. The highest BCUT2D eigenvalue weighted by Crippen LogP contribution is 2.25. The summed E-state index contributed by atoms with van der Waals surface area (Å²) in [5.74, 6) is -0.435. The van der Waals surface area contributed by atoms with Crippen molar-refractivity contribution in [1.82, 2.24) is 15.1 Å². The first-order chi connectivity index (χ1) is 11.2. The number of halogens is 1. The van der Waals surface area contributed by atoms with Crippen molar-refractivity contribution >= 4 is 5.91 Å². The quantitative estimate of drug-likeness (QED) is 0.899. The molecule has 2 saturated heterocycles. The molecule has 5 nitrogen and oxygen atoms in total. The van der Waals surface area contributed by atoms with Gasteiger partial charge in [0.1, 0.15) is 11.9 Å². The fourth-order valence-corrected chi connectivity index (χ4v) is 3.34. The van der Waals surface area contributed by atoms with Gasteiger partial charge in [-0.3, -0.25) is 14.6 Å². The largest absolute Gasteiger partial charge is 0.379 e. The molecule has 2 heterocycles. The second-order valence-electron chi connectivity index (χ2n) is 6.21. The van der Waals surface area contributed by atoms with Crippen LogP contribution < -0.4 is 5.32 Å². The van der Waals surface area contributed by atoms with Crippen LogP contribution in [0, 0.1) is 5.82 Å². The van der Waals surface area contributed by atoms with E-state index in [2.05, 4.69) is 22.0 Å². The maximum atomic E-state index is 14.1. The van der Waals surface area contributed by atoms with E-state index < -0.39 is 6.04 Å². The van der Waals surface area contributed by atoms with Crippen molar-refractivity contribution in [3.63, 3.8) is 0 Å². The van der Waals surface area contributed by atoms with Crippen LogP contribution in [0.4, 0.5) is 4.39 Å². The summed E-state index contributed by atoms with van der Waals surface area (Å²) < 4.78 is 19.6. The minimum atomic E-state index is -0.540. The van der Waals surface area contributed by atoms with Crippen molar-refractivity contribution in [2.45, 2.75) is 19.0 Å². The predicted molar refractivity (Wildman–Crippen MR) is 85.6 cm³/mol.